The van der Waals surface area contributed by atoms with Gasteiger partial charge < -0.3 is 4.52 Å². The molecule has 1 aliphatic heterocycles. The van der Waals surface area contributed by atoms with Gasteiger partial charge in [-0.3, -0.25) is 0 Å². The van der Waals surface area contributed by atoms with E-state index < -0.39 is 10.0 Å². The minimum atomic E-state index is -3.34. The minimum absolute atomic E-state index is 0.0239. The van der Waals surface area contributed by atoms with Crippen LogP contribution >= 0.6 is 0 Å². The molecule has 2 heterocycles. The third kappa shape index (κ3) is 3.05. The monoisotopic (exact) mass is 321 g/mol. The van der Waals surface area contributed by atoms with E-state index in [2.05, 4.69) is 10.1 Å². The summed E-state index contributed by atoms with van der Waals surface area (Å²) >= 11 is 0. The fourth-order valence-corrected chi connectivity index (χ4v) is 4.46. The van der Waals surface area contributed by atoms with E-state index in [1.165, 1.54) is 4.31 Å². The maximum absolute atomic E-state index is 12.6. The second kappa shape index (κ2) is 5.81. The van der Waals surface area contributed by atoms with Gasteiger partial charge in [-0.1, -0.05) is 42.4 Å². The number of aryl methyl sites for hydroxylation is 1. The van der Waals surface area contributed by atoms with Crippen LogP contribution in [-0.2, 0) is 15.8 Å². The fraction of sp³-hybridized carbons (Fsp3) is 0.467. The molecular weight excluding hydrogens is 302 g/mol. The van der Waals surface area contributed by atoms with Gasteiger partial charge in [-0.2, -0.15) is 4.98 Å². The molecule has 0 bridgehead atoms. The first-order chi connectivity index (χ1) is 10.5. The van der Waals surface area contributed by atoms with E-state index in [4.69, 9.17) is 4.52 Å². The van der Waals surface area contributed by atoms with Crippen LogP contribution in [-0.4, -0.2) is 36.0 Å². The van der Waals surface area contributed by atoms with Crippen molar-refractivity contribution in [3.05, 3.63) is 47.6 Å². The summed E-state index contributed by atoms with van der Waals surface area (Å²) in [6, 6.07) is 9.23. The zero-order chi connectivity index (χ0) is 15.7. The van der Waals surface area contributed by atoms with Crippen LogP contribution in [0.4, 0.5) is 0 Å². The number of hydrogen-bond donors (Lipinski definition) is 0. The van der Waals surface area contributed by atoms with Crippen molar-refractivity contribution in [2.45, 2.75) is 25.5 Å². The normalized spacial score (nSPS) is 23.0. The van der Waals surface area contributed by atoms with Gasteiger partial charge in [0.1, 0.15) is 0 Å². The highest BCUT2D eigenvalue weighted by Crippen LogP contribution is 2.33. The molecule has 1 aliphatic rings. The van der Waals surface area contributed by atoms with Gasteiger partial charge in [-0.05, 0) is 18.4 Å². The molecule has 1 aromatic heterocycles. The smallest absolute Gasteiger partial charge is 0.231 e. The van der Waals surface area contributed by atoms with Gasteiger partial charge in [0.2, 0.25) is 15.9 Å². The minimum Gasteiger partial charge on any atom is -0.339 e. The summed E-state index contributed by atoms with van der Waals surface area (Å²) in [4.78, 5) is 4.24. The predicted octanol–water partition coefficient (Wildman–Crippen LogP) is 1.94. The Morgan fingerprint density at radius 2 is 2.00 bits per heavy atom. The topological polar surface area (TPSA) is 76.3 Å². The molecule has 2 aromatic rings. The molecule has 7 heteroatoms. The number of rotatable bonds is 4. The van der Waals surface area contributed by atoms with E-state index in [0.717, 1.165) is 5.56 Å². The molecule has 1 saturated heterocycles. The highest BCUT2D eigenvalue weighted by molar-refractivity contribution is 7.88. The lowest BCUT2D eigenvalue weighted by Crippen LogP contribution is -2.30. The highest BCUT2D eigenvalue weighted by atomic mass is 32.2. The molecule has 6 nitrogen and oxygen atoms in total. The molecule has 0 N–H and O–H groups in total. The maximum atomic E-state index is 12.6. The Labute approximate surface area is 130 Å². The summed E-state index contributed by atoms with van der Waals surface area (Å²) in [6.07, 6.45) is 0. The van der Waals surface area contributed by atoms with Crippen LogP contribution in [0, 0.1) is 12.8 Å². The average molecular weight is 321 g/mol. The van der Waals surface area contributed by atoms with Gasteiger partial charge in [-0.25, -0.2) is 12.7 Å². The summed E-state index contributed by atoms with van der Waals surface area (Å²) < 4.78 is 31.9. The molecule has 3 rings (SSSR count). The van der Waals surface area contributed by atoms with Crippen LogP contribution in [0.2, 0.25) is 0 Å². The first kappa shape index (κ1) is 15.2. The Kier molecular flexibility index (Phi) is 4.01. The van der Waals surface area contributed by atoms with E-state index in [0.29, 0.717) is 24.8 Å². The molecule has 2 atom stereocenters. The predicted molar refractivity (Wildman–Crippen MR) is 81.6 cm³/mol. The molecule has 118 valence electrons. The van der Waals surface area contributed by atoms with E-state index in [-0.39, 0.29) is 17.6 Å². The summed E-state index contributed by atoms with van der Waals surface area (Å²) in [5, 5.41) is 3.80. The van der Waals surface area contributed by atoms with Crippen molar-refractivity contribution in [1.82, 2.24) is 14.4 Å². The standard InChI is InChI=1S/C15H19N3O3S/c1-11-8-18(9-14(11)15-16-12(2)17-21-15)22(19,20)10-13-6-4-3-5-7-13/h3-7,11,14H,8-10H2,1-2H3. The lowest BCUT2D eigenvalue weighted by atomic mass is 9.98. The van der Waals surface area contributed by atoms with Gasteiger partial charge in [0.05, 0.1) is 11.7 Å². The first-order valence-corrected chi connectivity index (χ1v) is 8.88. The van der Waals surface area contributed by atoms with Crippen LogP contribution < -0.4 is 0 Å². The molecule has 0 amide bonds. The van der Waals surface area contributed by atoms with Crippen LogP contribution in [0.1, 0.15) is 30.1 Å². The molecule has 0 saturated carbocycles. The SMILES string of the molecule is Cc1noc(C2CN(S(=O)(=O)Cc3ccccc3)CC2C)n1. The van der Waals surface area contributed by atoms with Crippen molar-refractivity contribution < 1.29 is 12.9 Å². The van der Waals surface area contributed by atoms with Gasteiger partial charge in [0.25, 0.3) is 0 Å². The van der Waals surface area contributed by atoms with E-state index in [9.17, 15) is 8.42 Å². The van der Waals surface area contributed by atoms with Crippen molar-refractivity contribution >= 4 is 10.0 Å². The number of aromatic nitrogens is 2. The molecule has 22 heavy (non-hydrogen) atoms. The van der Waals surface area contributed by atoms with Crippen molar-refractivity contribution in [3.63, 3.8) is 0 Å². The van der Waals surface area contributed by atoms with Crippen molar-refractivity contribution in [1.29, 1.82) is 0 Å². The molecule has 0 aliphatic carbocycles. The molecular formula is C15H19N3O3S. The van der Waals surface area contributed by atoms with Crippen molar-refractivity contribution in [2.75, 3.05) is 13.1 Å². The summed E-state index contributed by atoms with van der Waals surface area (Å²) in [6.45, 7) is 4.66. The van der Waals surface area contributed by atoms with Crippen molar-refractivity contribution in [2.24, 2.45) is 5.92 Å². The third-order valence-corrected chi connectivity index (χ3v) is 5.81. The average Bonchev–Trinajstić information content (AvgIpc) is 3.06. The summed E-state index contributed by atoms with van der Waals surface area (Å²) in [5.41, 5.74) is 0.798. The van der Waals surface area contributed by atoms with E-state index >= 15 is 0 Å². The second-order valence-electron chi connectivity index (χ2n) is 5.82. The Bertz CT molecular complexity index is 742. The molecule has 1 aromatic carbocycles. The lowest BCUT2D eigenvalue weighted by Gasteiger charge is -2.16. The number of sulfonamides is 1. The highest BCUT2D eigenvalue weighted by Gasteiger charge is 2.39. The van der Waals surface area contributed by atoms with Crippen molar-refractivity contribution in [3.8, 4) is 0 Å². The maximum Gasteiger partial charge on any atom is 0.231 e. The van der Waals surface area contributed by atoms with Gasteiger partial charge >= 0.3 is 0 Å². The van der Waals surface area contributed by atoms with Gasteiger partial charge in [0.15, 0.2) is 5.82 Å². The van der Waals surface area contributed by atoms with Crippen LogP contribution in [0.25, 0.3) is 0 Å². The Hall–Kier alpha value is -1.73. The zero-order valence-electron chi connectivity index (χ0n) is 12.6. The quantitative estimate of drug-likeness (QED) is 0.860. The van der Waals surface area contributed by atoms with E-state index in [1.54, 1.807) is 6.92 Å². The molecule has 1 fully saturated rings. The Morgan fingerprint density at radius 1 is 1.27 bits per heavy atom. The van der Waals surface area contributed by atoms with Crippen LogP contribution in [0.5, 0.6) is 0 Å². The summed E-state index contributed by atoms with van der Waals surface area (Å²) in [7, 11) is -3.34. The molecule has 0 spiro atoms. The fourth-order valence-electron chi connectivity index (χ4n) is 2.81. The molecule has 2 unspecified atom stereocenters. The number of benzene rings is 1. The zero-order valence-corrected chi connectivity index (χ0v) is 13.5. The summed E-state index contributed by atoms with van der Waals surface area (Å²) in [5.74, 6) is 1.25. The number of nitrogens with zero attached hydrogens (tertiary/aromatic N) is 3. The van der Waals surface area contributed by atoms with Gasteiger partial charge in [0, 0.05) is 13.1 Å². The molecule has 0 radical (unpaired) electrons. The first-order valence-electron chi connectivity index (χ1n) is 7.27. The Morgan fingerprint density at radius 3 is 2.64 bits per heavy atom. The van der Waals surface area contributed by atoms with Crippen LogP contribution in [0.3, 0.4) is 0 Å². The lowest BCUT2D eigenvalue weighted by molar-refractivity contribution is 0.336. The van der Waals surface area contributed by atoms with Gasteiger partial charge in [-0.15, -0.1) is 0 Å². The number of hydrogen-bond acceptors (Lipinski definition) is 5. The Balaban J connectivity index is 1.76. The van der Waals surface area contributed by atoms with E-state index in [1.807, 2.05) is 37.3 Å². The van der Waals surface area contributed by atoms with Crippen LogP contribution in [0.15, 0.2) is 34.9 Å². The largest absolute Gasteiger partial charge is 0.339 e. The second-order valence-corrected chi connectivity index (χ2v) is 7.79. The third-order valence-electron chi connectivity index (χ3n) is 4.02.